The molecule has 0 aliphatic rings. The number of carbonyl (C=O) groups excluding carboxylic acids is 1. The first-order valence-electron chi connectivity index (χ1n) is 9.71. The summed E-state index contributed by atoms with van der Waals surface area (Å²) < 4.78 is 68.6. The van der Waals surface area contributed by atoms with Crippen LogP contribution in [0.25, 0.3) is 10.2 Å². The second kappa shape index (κ2) is 12.6. The van der Waals surface area contributed by atoms with E-state index >= 15 is 0 Å². The first-order valence-corrected chi connectivity index (χ1v) is 10.9. The Balaban J connectivity index is 0.000000426. The predicted molar refractivity (Wildman–Crippen MR) is 127 cm³/mol. The van der Waals surface area contributed by atoms with Gasteiger partial charge in [0, 0.05) is 11.1 Å². The molecule has 0 unspecified atom stereocenters. The number of alkyl halides is 6. The average molecular weight is 590 g/mol. The van der Waals surface area contributed by atoms with Crippen molar-refractivity contribution in [2.75, 3.05) is 18.2 Å². The fraction of sp³-hybridized carbons (Fsp3) is 0.238. The highest BCUT2D eigenvalue weighted by molar-refractivity contribution is 7.21. The maximum Gasteiger partial charge on any atom is 0.490 e. The van der Waals surface area contributed by atoms with Crippen LogP contribution in [0.4, 0.5) is 37.7 Å². The number of aryl methyl sites for hydroxylation is 2. The number of nitrogens with two attached hydrogens (primary N) is 1. The number of hydrogen-bond acceptors (Lipinski definition) is 7. The molecule has 3 aromatic rings. The quantitative estimate of drug-likeness (QED) is 0.285. The standard InChI is InChI=1S/C17H16ClN3O2S.2C2HF3O2/c1-8-12-14(19)15(24-17(12)20-9(2)13(8)18)16(22)21-10-4-6-11(23-3)7-5-10;2*3-2(4,5)1(6)7/h4-7H,19H2,1-3H3,(H,21,22);2*(H,6,7). The van der Waals surface area contributed by atoms with E-state index in [0.717, 1.165) is 22.4 Å². The van der Waals surface area contributed by atoms with E-state index in [1.54, 1.807) is 31.4 Å². The highest BCUT2D eigenvalue weighted by atomic mass is 35.5. The van der Waals surface area contributed by atoms with Crippen LogP contribution in [0.5, 0.6) is 5.75 Å². The first-order chi connectivity index (χ1) is 17.3. The fourth-order valence-corrected chi connectivity index (χ4v) is 3.72. The summed E-state index contributed by atoms with van der Waals surface area (Å²) in [6.45, 7) is 3.72. The van der Waals surface area contributed by atoms with Gasteiger partial charge in [0.15, 0.2) is 0 Å². The van der Waals surface area contributed by atoms with Gasteiger partial charge in [-0.2, -0.15) is 26.3 Å². The largest absolute Gasteiger partial charge is 0.497 e. The second-order valence-corrected chi connectivity index (χ2v) is 8.33. The number of carboxylic acid groups (broad SMARTS) is 2. The van der Waals surface area contributed by atoms with Crippen LogP contribution in [0.2, 0.25) is 5.02 Å². The number of hydrogen-bond donors (Lipinski definition) is 4. The van der Waals surface area contributed by atoms with E-state index in [1.165, 1.54) is 11.3 Å². The summed E-state index contributed by atoms with van der Waals surface area (Å²) in [6, 6.07) is 7.09. The Morgan fingerprint density at radius 2 is 1.45 bits per heavy atom. The summed E-state index contributed by atoms with van der Waals surface area (Å²) in [6.07, 6.45) is -10.2. The molecule has 0 atom stereocenters. The minimum Gasteiger partial charge on any atom is -0.497 e. The van der Waals surface area contributed by atoms with Crippen LogP contribution < -0.4 is 15.8 Å². The highest BCUT2D eigenvalue weighted by Crippen LogP contribution is 2.38. The SMILES string of the molecule is COc1ccc(NC(=O)c2sc3nc(C)c(Cl)c(C)c3c2N)cc1.O=C(O)C(F)(F)F.O=C(O)C(F)(F)F. The number of methoxy groups -OCH3 is 1. The van der Waals surface area contributed by atoms with Crippen molar-refractivity contribution in [1.82, 2.24) is 4.98 Å². The molecular weight excluding hydrogens is 572 g/mol. The van der Waals surface area contributed by atoms with Crippen molar-refractivity contribution in [1.29, 1.82) is 0 Å². The third-order valence-corrected chi connectivity index (χ3v) is 5.91. The van der Waals surface area contributed by atoms with Crippen LogP contribution in [0.1, 0.15) is 20.9 Å². The first kappa shape index (κ1) is 32.2. The molecule has 0 aliphatic carbocycles. The van der Waals surface area contributed by atoms with E-state index in [9.17, 15) is 31.1 Å². The minimum atomic E-state index is -5.08. The van der Waals surface area contributed by atoms with Crippen LogP contribution in [0.3, 0.4) is 0 Å². The molecule has 0 bridgehead atoms. The second-order valence-electron chi connectivity index (χ2n) is 6.95. The Bertz CT molecular complexity index is 1300. The molecule has 0 aliphatic heterocycles. The third kappa shape index (κ3) is 8.65. The number of rotatable bonds is 3. The summed E-state index contributed by atoms with van der Waals surface area (Å²) in [5, 5.41) is 18.4. The van der Waals surface area contributed by atoms with Crippen molar-refractivity contribution < 1.29 is 55.7 Å². The molecular formula is C21H18ClF6N3O6S. The van der Waals surface area contributed by atoms with Crippen LogP contribution in [-0.4, -0.2) is 52.5 Å². The Hall–Kier alpha value is -3.79. The van der Waals surface area contributed by atoms with Gasteiger partial charge < -0.3 is 26.0 Å². The van der Waals surface area contributed by atoms with E-state index in [0.29, 0.717) is 26.1 Å². The van der Waals surface area contributed by atoms with Gasteiger partial charge in [-0.1, -0.05) is 11.6 Å². The number of pyridine rings is 1. The number of amides is 1. The minimum absolute atomic E-state index is 0.270. The zero-order valence-electron chi connectivity index (χ0n) is 19.4. The summed E-state index contributed by atoms with van der Waals surface area (Å²) in [4.78, 5) is 35.9. The third-order valence-electron chi connectivity index (χ3n) is 4.26. The number of nitrogen functional groups attached to an aromatic ring is 1. The molecule has 208 valence electrons. The Labute approximate surface area is 218 Å². The van der Waals surface area contributed by atoms with Gasteiger partial charge in [-0.3, -0.25) is 4.79 Å². The van der Waals surface area contributed by atoms with Crippen molar-refractivity contribution in [3.8, 4) is 5.75 Å². The monoisotopic (exact) mass is 589 g/mol. The van der Waals surface area contributed by atoms with Gasteiger partial charge in [0.05, 0.1) is 23.5 Å². The van der Waals surface area contributed by atoms with Crippen LogP contribution in [-0.2, 0) is 9.59 Å². The van der Waals surface area contributed by atoms with Crippen molar-refractivity contribution in [2.24, 2.45) is 0 Å². The predicted octanol–water partition coefficient (Wildman–Crippen LogP) is 5.68. The van der Waals surface area contributed by atoms with Gasteiger partial charge in [-0.15, -0.1) is 11.3 Å². The number of carboxylic acids is 2. The van der Waals surface area contributed by atoms with E-state index in [4.69, 9.17) is 41.9 Å². The van der Waals surface area contributed by atoms with Gasteiger partial charge in [-0.05, 0) is 43.7 Å². The lowest BCUT2D eigenvalue weighted by Crippen LogP contribution is -2.21. The molecule has 9 nitrogen and oxygen atoms in total. The summed E-state index contributed by atoms with van der Waals surface area (Å²) in [5.74, 6) is -5.06. The van der Waals surface area contributed by atoms with Crippen LogP contribution >= 0.6 is 22.9 Å². The number of aromatic nitrogens is 1. The zero-order valence-corrected chi connectivity index (χ0v) is 21.0. The number of aliphatic carboxylic acids is 2. The lowest BCUT2D eigenvalue weighted by atomic mass is 10.1. The number of anilines is 2. The molecule has 0 saturated carbocycles. The van der Waals surface area contributed by atoms with E-state index in [2.05, 4.69) is 10.3 Å². The number of fused-ring (bicyclic) bond motifs is 1. The maximum atomic E-state index is 12.6. The molecule has 2 heterocycles. The molecule has 0 fully saturated rings. The molecule has 0 saturated heterocycles. The maximum absolute atomic E-state index is 12.6. The lowest BCUT2D eigenvalue weighted by Gasteiger charge is -2.06. The summed E-state index contributed by atoms with van der Waals surface area (Å²) >= 11 is 7.51. The number of halogens is 7. The fourth-order valence-electron chi connectivity index (χ4n) is 2.49. The number of carbonyl (C=O) groups is 3. The van der Waals surface area contributed by atoms with Crippen LogP contribution in [0.15, 0.2) is 24.3 Å². The number of nitrogens with one attached hydrogen (secondary N) is 1. The molecule has 2 aromatic heterocycles. The normalized spacial score (nSPS) is 11.0. The molecule has 38 heavy (non-hydrogen) atoms. The van der Waals surface area contributed by atoms with Crippen molar-refractivity contribution in [2.45, 2.75) is 26.2 Å². The number of thiophene rings is 1. The van der Waals surface area contributed by atoms with E-state index < -0.39 is 24.3 Å². The van der Waals surface area contributed by atoms with E-state index in [-0.39, 0.29) is 5.91 Å². The highest BCUT2D eigenvalue weighted by Gasteiger charge is 2.38. The van der Waals surface area contributed by atoms with Crippen molar-refractivity contribution in [3.05, 3.63) is 45.4 Å². The topological polar surface area (TPSA) is 152 Å². The number of ether oxygens (including phenoxy) is 1. The Kier molecular flexibility index (Phi) is 10.7. The van der Waals surface area contributed by atoms with E-state index in [1.807, 2.05) is 13.8 Å². The smallest absolute Gasteiger partial charge is 0.490 e. The van der Waals surface area contributed by atoms with Gasteiger partial charge in [0.25, 0.3) is 5.91 Å². The molecule has 17 heteroatoms. The molecule has 1 amide bonds. The molecule has 1 aromatic carbocycles. The van der Waals surface area contributed by atoms with Crippen LogP contribution in [0, 0.1) is 13.8 Å². The molecule has 0 spiro atoms. The number of benzene rings is 1. The Morgan fingerprint density at radius 3 is 1.84 bits per heavy atom. The summed E-state index contributed by atoms with van der Waals surface area (Å²) in [7, 11) is 1.59. The van der Waals surface area contributed by atoms with Gasteiger partial charge in [0.1, 0.15) is 15.5 Å². The molecule has 5 N–H and O–H groups in total. The average Bonchev–Trinajstić information content (AvgIpc) is 3.13. The van der Waals surface area contributed by atoms with Gasteiger partial charge in [-0.25, -0.2) is 14.6 Å². The van der Waals surface area contributed by atoms with Crippen molar-refractivity contribution >= 4 is 62.4 Å². The zero-order chi connectivity index (χ0) is 29.6. The lowest BCUT2D eigenvalue weighted by molar-refractivity contribution is -0.193. The van der Waals surface area contributed by atoms with Gasteiger partial charge in [0.2, 0.25) is 0 Å². The summed E-state index contributed by atoms with van der Waals surface area (Å²) in [5.41, 5.74) is 8.83. The van der Waals surface area contributed by atoms with Crippen molar-refractivity contribution in [3.63, 3.8) is 0 Å². The molecule has 3 rings (SSSR count). The van der Waals surface area contributed by atoms with Gasteiger partial charge >= 0.3 is 24.3 Å². The number of nitrogens with zero attached hydrogens (tertiary/aromatic N) is 1. The Morgan fingerprint density at radius 1 is 1.00 bits per heavy atom. The molecule has 0 radical (unpaired) electrons.